The van der Waals surface area contributed by atoms with Crippen LogP contribution in [0, 0.1) is 0 Å². The number of phosphoric ester groups is 1. The normalized spacial score (nSPS) is 13.5. The third-order valence-electron chi connectivity index (χ3n) is 16.0. The molecular formula is C74H139NO8P+. The molecule has 0 radical (unpaired) electrons. The van der Waals surface area contributed by atoms with E-state index < -0.39 is 26.5 Å². The number of allylic oxidation sites excluding steroid dienone is 10. The highest BCUT2D eigenvalue weighted by Gasteiger charge is 2.27. The number of likely N-dealkylation sites (N-methyl/N-ethyl adjacent to an activating group) is 1. The van der Waals surface area contributed by atoms with Crippen LogP contribution in [0.2, 0.25) is 0 Å². The molecule has 0 bridgehead atoms. The lowest BCUT2D eigenvalue weighted by molar-refractivity contribution is -0.870. The lowest BCUT2D eigenvalue weighted by atomic mass is 10.0. The van der Waals surface area contributed by atoms with E-state index in [1.165, 1.54) is 238 Å². The minimum absolute atomic E-state index is 0.0291. The summed E-state index contributed by atoms with van der Waals surface area (Å²) in [6.07, 6.45) is 86.4. The van der Waals surface area contributed by atoms with Gasteiger partial charge in [0.15, 0.2) is 6.10 Å². The van der Waals surface area contributed by atoms with Crippen molar-refractivity contribution in [3.63, 3.8) is 0 Å². The Balaban J connectivity index is 3.88. The number of ether oxygens (including phenoxy) is 2. The number of hydrogen-bond acceptors (Lipinski definition) is 7. The van der Waals surface area contributed by atoms with E-state index in [4.69, 9.17) is 18.5 Å². The van der Waals surface area contributed by atoms with Crippen molar-refractivity contribution in [3.05, 3.63) is 60.8 Å². The fourth-order valence-electron chi connectivity index (χ4n) is 10.5. The maximum absolute atomic E-state index is 12.8. The number of hydrogen-bond donors (Lipinski definition) is 1. The molecule has 0 fully saturated rings. The number of phosphoric acid groups is 1. The number of nitrogens with zero attached hydrogens (tertiary/aromatic N) is 1. The fourth-order valence-corrected chi connectivity index (χ4v) is 11.2. The van der Waals surface area contributed by atoms with Crippen LogP contribution in [0.25, 0.3) is 0 Å². The van der Waals surface area contributed by atoms with Crippen molar-refractivity contribution >= 4 is 19.8 Å². The van der Waals surface area contributed by atoms with Crippen molar-refractivity contribution in [2.24, 2.45) is 0 Å². The molecule has 9 nitrogen and oxygen atoms in total. The Morgan fingerprint density at radius 1 is 0.369 bits per heavy atom. The number of carbonyl (C=O) groups is 2. The summed E-state index contributed by atoms with van der Waals surface area (Å²) < 4.78 is 34.7. The molecule has 0 amide bonds. The summed E-state index contributed by atoms with van der Waals surface area (Å²) in [6.45, 7) is 4.42. The van der Waals surface area contributed by atoms with Gasteiger partial charge in [0.25, 0.3) is 0 Å². The smallest absolute Gasteiger partial charge is 0.462 e. The number of unbranched alkanes of at least 4 members (excludes halogenated alkanes) is 43. The Labute approximate surface area is 521 Å². The summed E-state index contributed by atoms with van der Waals surface area (Å²) in [5, 5.41) is 0. The summed E-state index contributed by atoms with van der Waals surface area (Å²) >= 11 is 0. The third kappa shape index (κ3) is 68.8. The van der Waals surface area contributed by atoms with E-state index in [9.17, 15) is 19.0 Å². The van der Waals surface area contributed by atoms with Crippen molar-refractivity contribution in [1.82, 2.24) is 0 Å². The van der Waals surface area contributed by atoms with Gasteiger partial charge in [-0.3, -0.25) is 18.6 Å². The van der Waals surface area contributed by atoms with E-state index in [0.717, 1.165) is 77.0 Å². The second-order valence-corrected chi connectivity index (χ2v) is 27.1. The number of quaternary nitrogens is 1. The van der Waals surface area contributed by atoms with Crippen LogP contribution < -0.4 is 0 Å². The maximum Gasteiger partial charge on any atom is 0.472 e. The zero-order valence-corrected chi connectivity index (χ0v) is 57.0. The second-order valence-electron chi connectivity index (χ2n) is 25.6. The zero-order chi connectivity index (χ0) is 61.2. The number of esters is 2. The molecule has 0 saturated heterocycles. The van der Waals surface area contributed by atoms with Gasteiger partial charge >= 0.3 is 19.8 Å². The van der Waals surface area contributed by atoms with Crippen molar-refractivity contribution in [3.8, 4) is 0 Å². The van der Waals surface area contributed by atoms with E-state index in [1.54, 1.807) is 0 Å². The molecule has 0 heterocycles. The molecule has 0 saturated carbocycles. The Morgan fingerprint density at radius 2 is 0.643 bits per heavy atom. The zero-order valence-electron chi connectivity index (χ0n) is 56.1. The van der Waals surface area contributed by atoms with Crippen LogP contribution in [-0.4, -0.2) is 74.9 Å². The SMILES string of the molecule is CCCCC/C=C\C/C=C\C/C=C\CCCCCCCCC(=O)OC(COC(=O)CCCCCCCCCCCCCCCCCCCCCCCCCCCCCCC/C=C\C/C=C\CCCCCCC)COP(=O)(O)OCC[N+](C)(C)C. The Bertz CT molecular complexity index is 1600. The second kappa shape index (κ2) is 65.2. The van der Waals surface area contributed by atoms with Crippen LogP contribution in [0.5, 0.6) is 0 Å². The molecule has 0 rings (SSSR count). The monoisotopic (exact) mass is 1200 g/mol. The summed E-state index contributed by atoms with van der Waals surface area (Å²) in [5.74, 6) is -0.798. The van der Waals surface area contributed by atoms with Gasteiger partial charge in [-0.25, -0.2) is 4.57 Å². The molecule has 0 aliphatic heterocycles. The fraction of sp³-hybridized carbons (Fsp3) is 0.838. The third-order valence-corrected chi connectivity index (χ3v) is 17.0. The first-order valence-corrected chi connectivity index (χ1v) is 37.5. The topological polar surface area (TPSA) is 108 Å². The molecule has 0 spiro atoms. The van der Waals surface area contributed by atoms with Crippen molar-refractivity contribution in [2.45, 2.75) is 354 Å². The van der Waals surface area contributed by atoms with Gasteiger partial charge in [0.05, 0.1) is 27.7 Å². The Hall–Kier alpha value is -2.29. The van der Waals surface area contributed by atoms with E-state index in [0.29, 0.717) is 17.4 Å². The Kier molecular flexibility index (Phi) is 63.4. The maximum atomic E-state index is 12.8. The van der Waals surface area contributed by atoms with Gasteiger partial charge in [-0.1, -0.05) is 312 Å². The van der Waals surface area contributed by atoms with E-state index in [-0.39, 0.29) is 32.0 Å². The molecule has 10 heteroatoms. The quantitative estimate of drug-likeness (QED) is 0.0211. The van der Waals surface area contributed by atoms with Gasteiger partial charge in [0.2, 0.25) is 0 Å². The van der Waals surface area contributed by atoms with Crippen LogP contribution in [0.15, 0.2) is 60.8 Å². The minimum Gasteiger partial charge on any atom is -0.462 e. The van der Waals surface area contributed by atoms with Crippen molar-refractivity contribution in [2.75, 3.05) is 47.5 Å². The number of rotatable bonds is 67. The van der Waals surface area contributed by atoms with Gasteiger partial charge in [0, 0.05) is 12.8 Å². The van der Waals surface area contributed by atoms with Crippen LogP contribution in [0.1, 0.15) is 348 Å². The molecule has 0 aromatic rings. The largest absolute Gasteiger partial charge is 0.472 e. The van der Waals surface area contributed by atoms with Crippen LogP contribution in [0.3, 0.4) is 0 Å². The lowest BCUT2D eigenvalue weighted by Crippen LogP contribution is -2.37. The predicted molar refractivity (Wildman–Crippen MR) is 363 cm³/mol. The highest BCUT2D eigenvalue weighted by Crippen LogP contribution is 2.43. The van der Waals surface area contributed by atoms with Crippen molar-refractivity contribution < 1.29 is 42.1 Å². The number of carbonyl (C=O) groups excluding carboxylic acids is 2. The molecule has 2 unspecified atom stereocenters. The Morgan fingerprint density at radius 3 is 0.976 bits per heavy atom. The highest BCUT2D eigenvalue weighted by molar-refractivity contribution is 7.47. The average Bonchev–Trinajstić information content (AvgIpc) is 3.61. The summed E-state index contributed by atoms with van der Waals surface area (Å²) in [6, 6.07) is 0. The van der Waals surface area contributed by atoms with Crippen LogP contribution in [-0.2, 0) is 32.7 Å². The van der Waals surface area contributed by atoms with Crippen molar-refractivity contribution in [1.29, 1.82) is 0 Å². The molecular weight excluding hydrogens is 1060 g/mol. The average molecular weight is 1200 g/mol. The molecule has 0 aliphatic rings. The van der Waals surface area contributed by atoms with Crippen LogP contribution in [0.4, 0.5) is 0 Å². The first-order chi connectivity index (χ1) is 41.0. The van der Waals surface area contributed by atoms with Gasteiger partial charge in [-0.05, 0) is 83.5 Å². The molecule has 492 valence electrons. The molecule has 1 N–H and O–H groups in total. The lowest BCUT2D eigenvalue weighted by Gasteiger charge is -2.24. The van der Waals surface area contributed by atoms with E-state index in [1.807, 2.05) is 21.1 Å². The first kappa shape index (κ1) is 81.7. The predicted octanol–water partition coefficient (Wildman–Crippen LogP) is 23.4. The van der Waals surface area contributed by atoms with Gasteiger partial charge < -0.3 is 18.9 Å². The molecule has 2 atom stereocenters. The summed E-state index contributed by atoms with van der Waals surface area (Å²) in [5.41, 5.74) is 0. The van der Waals surface area contributed by atoms with Gasteiger partial charge in [-0.15, -0.1) is 0 Å². The first-order valence-electron chi connectivity index (χ1n) is 36.0. The molecule has 0 aromatic carbocycles. The minimum atomic E-state index is -4.39. The molecule has 0 aromatic heterocycles. The van der Waals surface area contributed by atoms with Gasteiger partial charge in [-0.2, -0.15) is 0 Å². The van der Waals surface area contributed by atoms with Crippen LogP contribution >= 0.6 is 7.82 Å². The summed E-state index contributed by atoms with van der Waals surface area (Å²) in [4.78, 5) is 35.8. The van der Waals surface area contributed by atoms with E-state index in [2.05, 4.69) is 74.6 Å². The standard InChI is InChI=1S/C74H138NO8P/c1-6-8-10-12-14-16-18-20-22-24-26-27-28-29-30-31-32-33-34-35-36-37-38-39-40-41-42-43-44-45-46-47-49-50-52-54-56-58-60-62-64-66-73(76)80-70-72(71-82-84(78,79)81-69-68-75(3,4)5)83-74(77)67-65-63-61-59-57-55-53-51-48-25-23-21-19-17-15-13-11-9-7-2/h15,17-18,20-21,23-24,26,48,51,72H,6-14,16,19,22,25,27-47,49-50,52-71H2,1-5H3/p+1/b17-15-,20-18-,23-21-,26-24-,51-48-. The van der Waals surface area contributed by atoms with E-state index >= 15 is 0 Å². The van der Waals surface area contributed by atoms with Gasteiger partial charge in [0.1, 0.15) is 19.8 Å². The molecule has 0 aliphatic carbocycles. The summed E-state index contributed by atoms with van der Waals surface area (Å²) in [7, 11) is 1.48. The molecule has 84 heavy (non-hydrogen) atoms. The highest BCUT2D eigenvalue weighted by atomic mass is 31.2.